The SMILES string of the molecule is Cc1cc(=O)oc2cc(OCC(=O)NNC(=O)Cc3ccccc3)ccc12. The lowest BCUT2D eigenvalue weighted by Crippen LogP contribution is -2.44. The number of hydrazine groups is 1. The smallest absolute Gasteiger partial charge is 0.336 e. The third kappa shape index (κ3) is 4.94. The summed E-state index contributed by atoms with van der Waals surface area (Å²) in [7, 11) is 0. The van der Waals surface area contributed by atoms with E-state index in [-0.39, 0.29) is 18.9 Å². The van der Waals surface area contributed by atoms with Gasteiger partial charge in [0.25, 0.3) is 5.91 Å². The first kappa shape index (κ1) is 18.2. The lowest BCUT2D eigenvalue weighted by Gasteiger charge is -2.09. The number of aryl methyl sites for hydroxylation is 1. The summed E-state index contributed by atoms with van der Waals surface area (Å²) in [5, 5.41) is 0.791. The Morgan fingerprint density at radius 3 is 2.52 bits per heavy atom. The molecule has 0 fully saturated rings. The van der Waals surface area contributed by atoms with Crippen LogP contribution in [0.25, 0.3) is 11.0 Å². The number of carbonyl (C=O) groups excluding carboxylic acids is 2. The highest BCUT2D eigenvalue weighted by atomic mass is 16.5. The van der Waals surface area contributed by atoms with E-state index in [2.05, 4.69) is 10.9 Å². The van der Waals surface area contributed by atoms with Crippen molar-refractivity contribution in [3.8, 4) is 5.75 Å². The number of hydrogen-bond donors (Lipinski definition) is 2. The van der Waals surface area contributed by atoms with Crippen molar-refractivity contribution in [1.29, 1.82) is 0 Å². The van der Waals surface area contributed by atoms with E-state index in [4.69, 9.17) is 9.15 Å². The van der Waals surface area contributed by atoms with Crippen molar-refractivity contribution in [2.24, 2.45) is 0 Å². The van der Waals surface area contributed by atoms with Crippen molar-refractivity contribution < 1.29 is 18.7 Å². The molecule has 0 aliphatic rings. The highest BCUT2D eigenvalue weighted by molar-refractivity contribution is 5.84. The van der Waals surface area contributed by atoms with Gasteiger partial charge in [-0.15, -0.1) is 0 Å². The van der Waals surface area contributed by atoms with Gasteiger partial charge in [0.05, 0.1) is 6.42 Å². The fraction of sp³-hybridized carbons (Fsp3) is 0.150. The minimum absolute atomic E-state index is 0.158. The molecule has 0 unspecified atom stereocenters. The molecule has 2 aromatic carbocycles. The Balaban J connectivity index is 1.51. The summed E-state index contributed by atoms with van der Waals surface area (Å²) >= 11 is 0. The van der Waals surface area contributed by atoms with Crippen LogP contribution in [-0.4, -0.2) is 18.4 Å². The lowest BCUT2D eigenvalue weighted by molar-refractivity contribution is -0.129. The van der Waals surface area contributed by atoms with E-state index in [0.29, 0.717) is 11.3 Å². The molecule has 2 N–H and O–H groups in total. The second-order valence-corrected chi connectivity index (χ2v) is 5.95. The van der Waals surface area contributed by atoms with Gasteiger partial charge in [-0.05, 0) is 30.2 Å². The predicted octanol–water partition coefficient (Wildman–Crippen LogP) is 1.87. The zero-order valence-electron chi connectivity index (χ0n) is 14.7. The van der Waals surface area contributed by atoms with Gasteiger partial charge in [-0.25, -0.2) is 4.79 Å². The molecule has 7 heteroatoms. The molecule has 7 nitrogen and oxygen atoms in total. The number of nitrogens with one attached hydrogen (secondary N) is 2. The van der Waals surface area contributed by atoms with Crippen molar-refractivity contribution in [1.82, 2.24) is 10.9 Å². The third-order valence-corrected chi connectivity index (χ3v) is 3.84. The largest absolute Gasteiger partial charge is 0.484 e. The Morgan fingerprint density at radius 1 is 1.00 bits per heavy atom. The van der Waals surface area contributed by atoms with E-state index in [9.17, 15) is 14.4 Å². The molecule has 3 rings (SSSR count). The molecule has 2 amide bonds. The summed E-state index contributed by atoms with van der Waals surface area (Å²) in [5.74, 6) is -0.471. The molecule has 0 spiro atoms. The molecule has 0 saturated carbocycles. The van der Waals surface area contributed by atoms with Crippen molar-refractivity contribution in [2.45, 2.75) is 13.3 Å². The molecule has 0 bridgehead atoms. The molecule has 27 heavy (non-hydrogen) atoms. The second kappa shape index (κ2) is 8.18. The Morgan fingerprint density at radius 2 is 1.74 bits per heavy atom. The van der Waals surface area contributed by atoms with Gasteiger partial charge in [0.1, 0.15) is 11.3 Å². The van der Waals surface area contributed by atoms with Crippen LogP contribution in [0.1, 0.15) is 11.1 Å². The Kier molecular flexibility index (Phi) is 5.51. The maximum atomic E-state index is 11.8. The first-order valence-electron chi connectivity index (χ1n) is 8.30. The molecular weight excluding hydrogens is 348 g/mol. The van der Waals surface area contributed by atoms with E-state index in [0.717, 1.165) is 16.5 Å². The summed E-state index contributed by atoms with van der Waals surface area (Å²) in [6, 6.07) is 15.6. The monoisotopic (exact) mass is 366 g/mol. The Bertz CT molecular complexity index is 1030. The number of amides is 2. The van der Waals surface area contributed by atoms with Gasteiger partial charge in [0.2, 0.25) is 5.91 Å². The van der Waals surface area contributed by atoms with E-state index >= 15 is 0 Å². The van der Waals surface area contributed by atoms with Crippen molar-refractivity contribution >= 4 is 22.8 Å². The second-order valence-electron chi connectivity index (χ2n) is 5.95. The molecule has 138 valence electrons. The van der Waals surface area contributed by atoms with Crippen LogP contribution in [0.3, 0.4) is 0 Å². The van der Waals surface area contributed by atoms with Gasteiger partial charge in [0, 0.05) is 17.5 Å². The summed E-state index contributed by atoms with van der Waals surface area (Å²) in [6.45, 7) is 1.51. The minimum atomic E-state index is -0.512. The van der Waals surface area contributed by atoms with Crippen molar-refractivity contribution in [2.75, 3.05) is 6.61 Å². The first-order valence-corrected chi connectivity index (χ1v) is 8.30. The summed E-state index contributed by atoms with van der Waals surface area (Å²) < 4.78 is 10.5. The molecule has 0 saturated heterocycles. The van der Waals surface area contributed by atoms with E-state index in [1.165, 1.54) is 6.07 Å². The van der Waals surface area contributed by atoms with Crippen LogP contribution >= 0.6 is 0 Å². The van der Waals surface area contributed by atoms with Crippen LogP contribution < -0.4 is 21.2 Å². The zero-order chi connectivity index (χ0) is 19.2. The van der Waals surface area contributed by atoms with Crippen molar-refractivity contribution in [3.63, 3.8) is 0 Å². The quantitative estimate of drug-likeness (QED) is 0.531. The summed E-state index contributed by atoms with van der Waals surface area (Å²) in [4.78, 5) is 35.1. The van der Waals surface area contributed by atoms with Gasteiger partial charge in [-0.3, -0.25) is 20.4 Å². The summed E-state index contributed by atoms with van der Waals surface area (Å²) in [5.41, 5.74) is 6.20. The molecule has 0 aliphatic heterocycles. The molecule has 0 radical (unpaired) electrons. The standard InChI is InChI=1S/C20H18N2O5/c1-13-9-20(25)27-17-11-15(7-8-16(13)17)26-12-19(24)22-21-18(23)10-14-5-3-2-4-6-14/h2-9,11H,10,12H2,1H3,(H,21,23)(H,22,24). The molecule has 1 heterocycles. The molecule has 0 aliphatic carbocycles. The first-order chi connectivity index (χ1) is 13.0. The van der Waals surface area contributed by atoms with Gasteiger partial charge in [0.15, 0.2) is 6.61 Å². The van der Waals surface area contributed by atoms with E-state index < -0.39 is 11.5 Å². The zero-order valence-corrected chi connectivity index (χ0v) is 14.7. The lowest BCUT2D eigenvalue weighted by atomic mass is 10.1. The number of carbonyl (C=O) groups is 2. The van der Waals surface area contributed by atoms with Crippen LogP contribution in [0, 0.1) is 6.92 Å². The topological polar surface area (TPSA) is 97.6 Å². The van der Waals surface area contributed by atoms with Crippen molar-refractivity contribution in [3.05, 3.63) is 76.1 Å². The van der Waals surface area contributed by atoms with Gasteiger partial charge in [-0.2, -0.15) is 0 Å². The Hall–Kier alpha value is -3.61. The average molecular weight is 366 g/mol. The molecule has 1 aromatic heterocycles. The Labute approximate surface area is 154 Å². The minimum Gasteiger partial charge on any atom is -0.484 e. The van der Waals surface area contributed by atoms with E-state index in [1.54, 1.807) is 18.2 Å². The maximum Gasteiger partial charge on any atom is 0.336 e. The predicted molar refractivity (Wildman–Crippen MR) is 99.1 cm³/mol. The molecule has 0 atom stereocenters. The summed E-state index contributed by atoms with van der Waals surface area (Å²) in [6.07, 6.45) is 0.158. The maximum absolute atomic E-state index is 11.8. The van der Waals surface area contributed by atoms with Crippen LogP contribution in [0.2, 0.25) is 0 Å². The third-order valence-electron chi connectivity index (χ3n) is 3.84. The normalized spacial score (nSPS) is 10.4. The highest BCUT2D eigenvalue weighted by Gasteiger charge is 2.08. The number of ether oxygens (including phenoxy) is 1. The number of rotatable bonds is 5. The fourth-order valence-corrected chi connectivity index (χ4v) is 2.54. The molecule has 3 aromatic rings. The van der Waals surface area contributed by atoms with Gasteiger partial charge < -0.3 is 9.15 Å². The van der Waals surface area contributed by atoms with Crippen LogP contribution in [0.4, 0.5) is 0 Å². The van der Waals surface area contributed by atoms with Crippen LogP contribution in [0.5, 0.6) is 5.75 Å². The van der Waals surface area contributed by atoms with Crippen LogP contribution in [-0.2, 0) is 16.0 Å². The number of hydrogen-bond acceptors (Lipinski definition) is 5. The van der Waals surface area contributed by atoms with E-state index in [1.807, 2.05) is 37.3 Å². The average Bonchev–Trinajstić information content (AvgIpc) is 2.65. The van der Waals surface area contributed by atoms with Crippen LogP contribution in [0.15, 0.2) is 63.8 Å². The highest BCUT2D eigenvalue weighted by Crippen LogP contribution is 2.22. The number of fused-ring (bicyclic) bond motifs is 1. The van der Waals surface area contributed by atoms with Gasteiger partial charge >= 0.3 is 5.63 Å². The molecular formula is C20H18N2O5. The van der Waals surface area contributed by atoms with Gasteiger partial charge in [-0.1, -0.05) is 30.3 Å². The fourth-order valence-electron chi connectivity index (χ4n) is 2.54. The number of benzene rings is 2.